The summed E-state index contributed by atoms with van der Waals surface area (Å²) < 4.78 is 20.7. The van der Waals surface area contributed by atoms with E-state index in [9.17, 15) is 4.79 Å². The molecule has 3 aliphatic carbocycles. The van der Waals surface area contributed by atoms with Gasteiger partial charge in [0, 0.05) is 0 Å². The third kappa shape index (κ3) is 7.68. The van der Waals surface area contributed by atoms with Crippen molar-refractivity contribution in [1.82, 2.24) is 0 Å². The largest absolute Gasteiger partial charge is 0.459 e. The van der Waals surface area contributed by atoms with Gasteiger partial charge in [-0.25, -0.2) is 9.18 Å². The summed E-state index contributed by atoms with van der Waals surface area (Å²) in [6, 6.07) is 6.03. The lowest BCUT2D eigenvalue weighted by molar-refractivity contribution is -0.146. The molecule has 1 aromatic rings. The molecule has 1 N–H and O–H groups in total. The van der Waals surface area contributed by atoms with Crippen molar-refractivity contribution in [1.29, 1.82) is 0 Å². The van der Waals surface area contributed by atoms with Gasteiger partial charge in [-0.2, -0.15) is 0 Å². The zero-order valence-corrected chi connectivity index (χ0v) is 23.1. The molecule has 3 saturated carbocycles. The molecule has 3 fully saturated rings. The van der Waals surface area contributed by atoms with Crippen LogP contribution < -0.4 is 0 Å². The molecule has 1 aromatic carbocycles. The molecule has 0 radical (unpaired) electrons. The highest BCUT2D eigenvalue weighted by molar-refractivity contribution is 5.88. The van der Waals surface area contributed by atoms with Crippen LogP contribution >= 0.6 is 0 Å². The van der Waals surface area contributed by atoms with Gasteiger partial charge < -0.3 is 9.84 Å². The third-order valence-electron chi connectivity index (χ3n) is 9.91. The molecule has 0 heterocycles. The minimum Gasteiger partial charge on any atom is -0.459 e. The number of ether oxygens (including phenoxy) is 1. The van der Waals surface area contributed by atoms with E-state index in [1.165, 1.54) is 82.6 Å². The van der Waals surface area contributed by atoms with Gasteiger partial charge in [-0.15, -0.1) is 0 Å². The Balaban J connectivity index is 1.22. The van der Waals surface area contributed by atoms with Gasteiger partial charge in [-0.1, -0.05) is 64.2 Å². The zero-order valence-electron chi connectivity index (χ0n) is 23.1. The van der Waals surface area contributed by atoms with Crippen LogP contribution in [0.4, 0.5) is 4.39 Å². The molecule has 3 aliphatic rings. The van der Waals surface area contributed by atoms with E-state index in [1.54, 1.807) is 0 Å². The molecule has 4 rings (SSSR count). The Morgan fingerprint density at radius 3 is 2.14 bits per heavy atom. The number of aliphatic hydroxyl groups excluding tert-OH is 1. The molecule has 0 saturated heterocycles. The van der Waals surface area contributed by atoms with E-state index < -0.39 is 5.97 Å². The summed E-state index contributed by atoms with van der Waals surface area (Å²) in [5.41, 5.74) is 2.09. The van der Waals surface area contributed by atoms with Crippen LogP contribution in [0.15, 0.2) is 30.4 Å². The number of aliphatic hydroxyl groups is 1. The molecular formula is C33H49FO3. The summed E-state index contributed by atoms with van der Waals surface area (Å²) in [6.45, 7) is 5.44. The van der Waals surface area contributed by atoms with E-state index in [-0.39, 0.29) is 30.0 Å². The van der Waals surface area contributed by atoms with Crippen molar-refractivity contribution in [2.24, 2.45) is 17.8 Å². The highest BCUT2D eigenvalue weighted by Gasteiger charge is 2.32. The van der Waals surface area contributed by atoms with Gasteiger partial charge in [0.05, 0.1) is 12.2 Å². The number of esters is 1. The maximum absolute atomic E-state index is 15.2. The second kappa shape index (κ2) is 13.9. The summed E-state index contributed by atoms with van der Waals surface area (Å²) in [6.07, 6.45) is 19.3. The molecule has 0 spiro atoms. The molecular weight excluding hydrogens is 463 g/mol. The summed E-state index contributed by atoms with van der Waals surface area (Å²) in [7, 11) is 0. The molecule has 0 unspecified atom stereocenters. The Labute approximate surface area is 224 Å². The van der Waals surface area contributed by atoms with Gasteiger partial charge in [0.2, 0.25) is 0 Å². The van der Waals surface area contributed by atoms with Crippen molar-refractivity contribution in [2.75, 3.05) is 6.61 Å². The second-order valence-corrected chi connectivity index (χ2v) is 12.3. The van der Waals surface area contributed by atoms with Crippen LogP contribution in [0.2, 0.25) is 0 Å². The maximum Gasteiger partial charge on any atom is 0.336 e. The fraction of sp³-hybridized carbons (Fsp3) is 0.727. The predicted molar refractivity (Wildman–Crippen MR) is 148 cm³/mol. The summed E-state index contributed by atoms with van der Waals surface area (Å²) >= 11 is 0. The first-order valence-electron chi connectivity index (χ1n) is 15.3. The molecule has 0 aliphatic heterocycles. The van der Waals surface area contributed by atoms with Crippen LogP contribution in [0.25, 0.3) is 0 Å². The van der Waals surface area contributed by atoms with Crippen molar-refractivity contribution in [3.8, 4) is 0 Å². The van der Waals surface area contributed by atoms with Crippen LogP contribution in [0.3, 0.4) is 0 Å². The van der Waals surface area contributed by atoms with E-state index in [4.69, 9.17) is 9.84 Å². The summed E-state index contributed by atoms with van der Waals surface area (Å²) in [4.78, 5) is 11.9. The topological polar surface area (TPSA) is 46.5 Å². The van der Waals surface area contributed by atoms with Gasteiger partial charge in [0.25, 0.3) is 0 Å². The molecule has 37 heavy (non-hydrogen) atoms. The van der Waals surface area contributed by atoms with Gasteiger partial charge in [0.1, 0.15) is 11.9 Å². The predicted octanol–water partition coefficient (Wildman–Crippen LogP) is 8.60. The first-order chi connectivity index (χ1) is 18.0. The van der Waals surface area contributed by atoms with Gasteiger partial charge >= 0.3 is 5.97 Å². The van der Waals surface area contributed by atoms with E-state index in [1.807, 2.05) is 12.1 Å². The lowest BCUT2D eigenvalue weighted by Crippen LogP contribution is -2.26. The number of carbonyl (C=O) groups excluding carboxylic acids is 1. The quantitative estimate of drug-likeness (QED) is 0.194. The minimum atomic E-state index is -0.522. The van der Waals surface area contributed by atoms with Crippen molar-refractivity contribution < 1.29 is 19.0 Å². The van der Waals surface area contributed by atoms with E-state index in [0.717, 1.165) is 49.0 Å². The van der Waals surface area contributed by atoms with Crippen LogP contribution in [-0.2, 0) is 9.53 Å². The Morgan fingerprint density at radius 2 is 1.54 bits per heavy atom. The van der Waals surface area contributed by atoms with Crippen molar-refractivity contribution in [2.45, 2.75) is 128 Å². The van der Waals surface area contributed by atoms with Crippen molar-refractivity contribution in [3.63, 3.8) is 0 Å². The lowest BCUT2D eigenvalue weighted by atomic mass is 9.68. The number of unbranched alkanes of at least 4 members (excludes halogenated alkanes) is 2. The lowest BCUT2D eigenvalue weighted by Gasteiger charge is -2.38. The smallest absolute Gasteiger partial charge is 0.336 e. The Kier molecular flexibility index (Phi) is 10.7. The molecule has 0 aromatic heterocycles. The molecule has 206 valence electrons. The number of halogens is 1. The first-order valence-corrected chi connectivity index (χ1v) is 15.3. The maximum atomic E-state index is 15.2. The van der Waals surface area contributed by atoms with Gasteiger partial charge in [-0.05, 0) is 111 Å². The molecule has 0 amide bonds. The van der Waals surface area contributed by atoms with Gasteiger partial charge in [-0.3, -0.25) is 0 Å². The number of rotatable bonds is 10. The minimum absolute atomic E-state index is 0.0601. The van der Waals surface area contributed by atoms with Crippen molar-refractivity contribution >= 4 is 5.97 Å². The van der Waals surface area contributed by atoms with Crippen LogP contribution in [-0.4, -0.2) is 23.8 Å². The number of benzene rings is 1. The molecule has 3 nitrogen and oxygen atoms in total. The van der Waals surface area contributed by atoms with Gasteiger partial charge in [0.15, 0.2) is 0 Å². The monoisotopic (exact) mass is 512 g/mol. The average Bonchev–Trinajstić information content (AvgIpc) is 2.93. The number of carbonyl (C=O) groups is 1. The Hall–Kier alpha value is -1.68. The fourth-order valence-electron chi connectivity index (χ4n) is 7.47. The standard InChI is InChI=1S/C33H49FO3/c1-3-4-5-6-24-7-9-25(10-8-24)26-11-13-27(14-12-26)29-17-20-31(32(34)21-29)28-15-18-30(19-16-28)37-33(36)23(2)22-35/h17,20-21,24-28,30,35H,2-16,18-19,22H2,1H3. The van der Waals surface area contributed by atoms with Crippen LogP contribution in [0.1, 0.15) is 133 Å². The van der Waals surface area contributed by atoms with E-state index in [2.05, 4.69) is 19.6 Å². The zero-order chi connectivity index (χ0) is 26.2. The first kappa shape index (κ1) is 28.3. The molecule has 0 atom stereocenters. The number of hydrogen-bond acceptors (Lipinski definition) is 3. The highest BCUT2D eigenvalue weighted by atomic mass is 19.1. The molecule has 0 bridgehead atoms. The van der Waals surface area contributed by atoms with E-state index in [0.29, 0.717) is 5.92 Å². The molecule has 4 heteroatoms. The average molecular weight is 513 g/mol. The normalized spacial score (nSPS) is 30.6. The van der Waals surface area contributed by atoms with Crippen LogP contribution in [0.5, 0.6) is 0 Å². The van der Waals surface area contributed by atoms with E-state index >= 15 is 4.39 Å². The summed E-state index contributed by atoms with van der Waals surface area (Å²) in [5.74, 6) is 2.89. The fourth-order valence-corrected chi connectivity index (χ4v) is 7.47. The summed E-state index contributed by atoms with van der Waals surface area (Å²) in [5, 5.41) is 9.04. The third-order valence-corrected chi connectivity index (χ3v) is 9.91. The Morgan fingerprint density at radius 1 is 0.919 bits per heavy atom. The van der Waals surface area contributed by atoms with Crippen molar-refractivity contribution in [3.05, 3.63) is 47.3 Å². The SMILES string of the molecule is C=C(CO)C(=O)OC1CCC(c2ccc(C3CCC(C4CCC(CCCCC)CC4)CC3)cc2F)CC1. The second-order valence-electron chi connectivity index (χ2n) is 12.3. The highest BCUT2D eigenvalue weighted by Crippen LogP contribution is 2.45. The van der Waals surface area contributed by atoms with Crippen LogP contribution in [0, 0.1) is 23.6 Å². The number of hydrogen-bond donors (Lipinski definition) is 1. The Bertz CT molecular complexity index is 872.